The van der Waals surface area contributed by atoms with E-state index in [1.54, 1.807) is 0 Å². The number of thiophene rings is 1. The van der Waals surface area contributed by atoms with Crippen LogP contribution in [0.1, 0.15) is 6.42 Å². The van der Waals surface area contributed by atoms with Gasteiger partial charge < -0.3 is 0 Å². The predicted molar refractivity (Wildman–Crippen MR) is 78.2 cm³/mol. The highest BCUT2D eigenvalue weighted by molar-refractivity contribution is 9.10. The molecule has 1 fully saturated rings. The lowest BCUT2D eigenvalue weighted by molar-refractivity contribution is -0.111. The van der Waals surface area contributed by atoms with Crippen molar-refractivity contribution in [2.24, 2.45) is 0 Å². The third kappa shape index (κ3) is 2.89. The molecular formula is C8H6BrCl2NO3S3. The van der Waals surface area contributed by atoms with Gasteiger partial charge in [-0.25, -0.2) is 8.42 Å². The SMILES string of the molecule is O=C1SCCC1NS(=O)(=O)c1c(Cl)sc(Cl)c1Br. The Morgan fingerprint density at radius 2 is 2.00 bits per heavy atom. The van der Waals surface area contributed by atoms with E-state index in [1.807, 2.05) is 0 Å². The van der Waals surface area contributed by atoms with E-state index in [4.69, 9.17) is 23.2 Å². The minimum atomic E-state index is -3.85. The number of hydrogen-bond acceptors (Lipinski definition) is 5. The van der Waals surface area contributed by atoms with Gasteiger partial charge in [-0.05, 0) is 22.4 Å². The molecule has 0 amide bonds. The van der Waals surface area contributed by atoms with Crippen LogP contribution in [0.5, 0.6) is 0 Å². The fourth-order valence-corrected chi connectivity index (χ4v) is 7.21. The average molecular weight is 411 g/mol. The zero-order chi connectivity index (χ0) is 13.5. The van der Waals surface area contributed by atoms with E-state index in [1.165, 1.54) is 0 Å². The number of rotatable bonds is 3. The number of halogens is 3. The molecule has 1 aromatic rings. The normalized spacial score (nSPS) is 20.6. The quantitative estimate of drug-likeness (QED) is 0.831. The molecule has 0 aromatic carbocycles. The van der Waals surface area contributed by atoms with Gasteiger partial charge in [0.25, 0.3) is 0 Å². The van der Waals surface area contributed by atoms with Crippen molar-refractivity contribution < 1.29 is 13.2 Å². The molecule has 1 N–H and O–H groups in total. The van der Waals surface area contributed by atoms with Crippen LogP contribution in [0, 0.1) is 0 Å². The van der Waals surface area contributed by atoms with E-state index in [-0.39, 0.29) is 23.2 Å². The molecule has 2 heterocycles. The first-order valence-electron chi connectivity index (χ1n) is 4.65. The summed E-state index contributed by atoms with van der Waals surface area (Å²) in [5, 5.41) is -0.174. The standard InChI is InChI=1S/C8H6BrCl2NO3S3/c9-4-5(7(11)17-6(4)10)18(14,15)12-3-1-2-16-8(3)13/h3,12H,1-2H2. The summed E-state index contributed by atoms with van der Waals surface area (Å²) in [4.78, 5) is 11.3. The monoisotopic (exact) mass is 409 g/mol. The van der Waals surface area contributed by atoms with Gasteiger partial charge in [0, 0.05) is 5.75 Å². The van der Waals surface area contributed by atoms with Crippen LogP contribution in [0.25, 0.3) is 0 Å². The molecule has 4 nitrogen and oxygen atoms in total. The maximum absolute atomic E-state index is 12.1. The molecule has 10 heteroatoms. The van der Waals surface area contributed by atoms with Crippen LogP contribution < -0.4 is 4.72 Å². The number of sulfonamides is 1. The molecule has 1 unspecified atom stereocenters. The van der Waals surface area contributed by atoms with Gasteiger partial charge in [0.1, 0.15) is 13.6 Å². The van der Waals surface area contributed by atoms with E-state index >= 15 is 0 Å². The molecule has 1 aliphatic rings. The van der Waals surface area contributed by atoms with Crippen molar-refractivity contribution >= 4 is 77.4 Å². The van der Waals surface area contributed by atoms with Gasteiger partial charge in [-0.3, -0.25) is 4.79 Å². The molecule has 0 bridgehead atoms. The van der Waals surface area contributed by atoms with Gasteiger partial charge >= 0.3 is 0 Å². The Hall–Kier alpha value is 0.690. The highest BCUT2D eigenvalue weighted by atomic mass is 79.9. The number of carbonyl (C=O) groups excluding carboxylic acids is 1. The molecule has 1 aromatic heterocycles. The van der Waals surface area contributed by atoms with Crippen LogP contribution in [0.15, 0.2) is 9.37 Å². The molecule has 0 saturated carbocycles. The van der Waals surface area contributed by atoms with Crippen LogP contribution in [0.3, 0.4) is 0 Å². The first-order valence-corrected chi connectivity index (χ1v) is 9.48. The lowest BCUT2D eigenvalue weighted by Gasteiger charge is -2.10. The second-order valence-electron chi connectivity index (χ2n) is 3.42. The fourth-order valence-electron chi connectivity index (χ4n) is 1.42. The summed E-state index contributed by atoms with van der Waals surface area (Å²) in [5.74, 6) is 0.616. The third-order valence-electron chi connectivity index (χ3n) is 2.23. The molecule has 0 spiro atoms. The maximum atomic E-state index is 12.1. The molecule has 2 rings (SSSR count). The zero-order valence-electron chi connectivity index (χ0n) is 8.57. The van der Waals surface area contributed by atoms with Crippen molar-refractivity contribution in [3.8, 4) is 0 Å². The van der Waals surface area contributed by atoms with Gasteiger partial charge in [-0.2, -0.15) is 4.72 Å². The molecule has 0 radical (unpaired) electrons. The largest absolute Gasteiger partial charge is 0.285 e. The average Bonchev–Trinajstić information content (AvgIpc) is 2.73. The summed E-state index contributed by atoms with van der Waals surface area (Å²) in [6.07, 6.45) is 0.482. The van der Waals surface area contributed by atoms with Gasteiger partial charge in [0.2, 0.25) is 15.1 Å². The third-order valence-corrected chi connectivity index (χ3v) is 8.18. The van der Waals surface area contributed by atoms with Gasteiger partial charge in [-0.15, -0.1) is 11.3 Å². The van der Waals surface area contributed by atoms with E-state index < -0.39 is 16.1 Å². The van der Waals surface area contributed by atoms with Crippen molar-refractivity contribution in [2.45, 2.75) is 17.4 Å². The minimum absolute atomic E-state index is 0.0671. The summed E-state index contributed by atoms with van der Waals surface area (Å²) in [7, 11) is -3.85. The summed E-state index contributed by atoms with van der Waals surface area (Å²) >= 11 is 16.8. The van der Waals surface area contributed by atoms with Gasteiger partial charge in [-0.1, -0.05) is 35.0 Å². The summed E-state index contributed by atoms with van der Waals surface area (Å²) in [5.41, 5.74) is 0. The van der Waals surface area contributed by atoms with Crippen LogP contribution in [-0.2, 0) is 14.8 Å². The first-order chi connectivity index (χ1) is 8.33. The molecule has 1 saturated heterocycles. The zero-order valence-corrected chi connectivity index (χ0v) is 14.1. The van der Waals surface area contributed by atoms with Crippen LogP contribution in [0.2, 0.25) is 8.67 Å². The first kappa shape index (κ1) is 15.1. The van der Waals surface area contributed by atoms with Gasteiger partial charge in [0.05, 0.1) is 10.5 Å². The highest BCUT2D eigenvalue weighted by Crippen LogP contribution is 2.43. The second kappa shape index (κ2) is 5.59. The summed E-state index contributed by atoms with van der Waals surface area (Å²) in [6, 6.07) is -0.693. The van der Waals surface area contributed by atoms with Crippen molar-refractivity contribution in [3.63, 3.8) is 0 Å². The van der Waals surface area contributed by atoms with E-state index in [2.05, 4.69) is 20.7 Å². The lowest BCUT2D eigenvalue weighted by Crippen LogP contribution is -2.37. The van der Waals surface area contributed by atoms with Crippen molar-refractivity contribution in [2.75, 3.05) is 5.75 Å². The summed E-state index contributed by atoms with van der Waals surface area (Å²) < 4.78 is 27.2. The second-order valence-corrected chi connectivity index (χ2v) is 9.19. The van der Waals surface area contributed by atoms with Crippen molar-refractivity contribution in [1.82, 2.24) is 4.72 Å². The molecule has 18 heavy (non-hydrogen) atoms. The molecule has 0 aliphatic carbocycles. The van der Waals surface area contributed by atoms with E-state index in [9.17, 15) is 13.2 Å². The Morgan fingerprint density at radius 3 is 2.44 bits per heavy atom. The van der Waals surface area contributed by atoms with E-state index in [0.717, 1.165) is 23.1 Å². The molecular weight excluding hydrogens is 405 g/mol. The molecule has 1 aliphatic heterocycles. The Bertz CT molecular complexity index is 601. The number of hydrogen-bond donors (Lipinski definition) is 1. The topological polar surface area (TPSA) is 63.2 Å². The highest BCUT2D eigenvalue weighted by Gasteiger charge is 2.33. The van der Waals surface area contributed by atoms with E-state index in [0.29, 0.717) is 12.2 Å². The minimum Gasteiger partial charge on any atom is -0.285 e. The number of carbonyl (C=O) groups is 1. The Labute approximate surface area is 131 Å². The Balaban J connectivity index is 2.34. The van der Waals surface area contributed by atoms with Crippen molar-refractivity contribution in [3.05, 3.63) is 13.1 Å². The number of thioether (sulfide) groups is 1. The summed E-state index contributed by atoms with van der Waals surface area (Å²) in [6.45, 7) is 0. The smallest absolute Gasteiger partial charge is 0.244 e. The van der Waals surface area contributed by atoms with Crippen LogP contribution in [0.4, 0.5) is 0 Å². The van der Waals surface area contributed by atoms with Crippen LogP contribution in [-0.4, -0.2) is 25.3 Å². The fraction of sp³-hybridized carbons (Fsp3) is 0.375. The lowest BCUT2D eigenvalue weighted by atomic mass is 10.3. The Kier molecular flexibility index (Phi) is 4.69. The molecule has 1 atom stereocenters. The van der Waals surface area contributed by atoms with Gasteiger partial charge in [0.15, 0.2) is 0 Å². The van der Waals surface area contributed by atoms with Crippen molar-refractivity contribution in [1.29, 1.82) is 0 Å². The number of nitrogens with one attached hydrogen (secondary N) is 1. The van der Waals surface area contributed by atoms with Crippen LogP contribution >= 0.6 is 62.2 Å². The molecule has 100 valence electrons. The Morgan fingerprint density at radius 1 is 1.33 bits per heavy atom. The predicted octanol–water partition coefficient (Wildman–Crippen LogP) is 3.13. The maximum Gasteiger partial charge on any atom is 0.244 e.